The van der Waals surface area contributed by atoms with Crippen molar-refractivity contribution in [2.75, 3.05) is 29.3 Å². The quantitative estimate of drug-likeness (QED) is 0.486. The van der Waals surface area contributed by atoms with Crippen LogP contribution in [0.4, 0.5) is 16.2 Å². The lowest BCUT2D eigenvalue weighted by Crippen LogP contribution is -2.44. The van der Waals surface area contributed by atoms with Crippen molar-refractivity contribution in [3.05, 3.63) is 52.5 Å². The second kappa shape index (κ2) is 11.3. The van der Waals surface area contributed by atoms with E-state index in [1.165, 1.54) is 29.4 Å². The molecular formula is C25H31Cl2N3O5S. The molecule has 2 aromatic rings. The molecule has 1 aliphatic heterocycles. The van der Waals surface area contributed by atoms with Crippen LogP contribution in [0, 0.1) is 5.92 Å². The van der Waals surface area contributed by atoms with Crippen molar-refractivity contribution in [1.29, 1.82) is 0 Å². The summed E-state index contributed by atoms with van der Waals surface area (Å²) in [4.78, 5) is 25.8. The van der Waals surface area contributed by atoms with Gasteiger partial charge in [-0.25, -0.2) is 13.2 Å². The van der Waals surface area contributed by atoms with Gasteiger partial charge in [-0.1, -0.05) is 35.3 Å². The number of hydrogen-bond donors (Lipinski definition) is 1. The van der Waals surface area contributed by atoms with E-state index in [0.29, 0.717) is 31.0 Å². The molecule has 0 unspecified atom stereocenters. The van der Waals surface area contributed by atoms with Gasteiger partial charge in [0.2, 0.25) is 5.91 Å². The average Bonchev–Trinajstić information content (AvgIpc) is 2.78. The zero-order valence-electron chi connectivity index (χ0n) is 20.8. The highest BCUT2D eigenvalue weighted by molar-refractivity contribution is 7.93. The fourth-order valence-corrected chi connectivity index (χ4v) is 6.10. The number of para-hydroxylation sites is 1. The summed E-state index contributed by atoms with van der Waals surface area (Å²) in [5.74, 6) is -0.444. The van der Waals surface area contributed by atoms with Crippen molar-refractivity contribution in [3.8, 4) is 0 Å². The number of nitrogens with one attached hydrogen (secondary N) is 1. The lowest BCUT2D eigenvalue weighted by atomic mass is 9.97. The molecule has 0 radical (unpaired) electrons. The van der Waals surface area contributed by atoms with Gasteiger partial charge >= 0.3 is 6.09 Å². The first kappa shape index (κ1) is 28.1. The Morgan fingerprint density at radius 2 is 1.75 bits per heavy atom. The van der Waals surface area contributed by atoms with Crippen molar-refractivity contribution < 1.29 is 22.7 Å². The Hall–Kier alpha value is -2.49. The monoisotopic (exact) mass is 555 g/mol. The molecule has 0 atom stereocenters. The van der Waals surface area contributed by atoms with Crippen molar-refractivity contribution >= 4 is 56.6 Å². The first-order valence-corrected chi connectivity index (χ1v) is 13.8. The van der Waals surface area contributed by atoms with Crippen LogP contribution < -0.4 is 9.62 Å². The number of likely N-dealkylation sites (tertiary alicyclic amines) is 1. The van der Waals surface area contributed by atoms with E-state index in [1.54, 1.807) is 29.2 Å². The number of amides is 2. The number of hydrogen-bond acceptors (Lipinski definition) is 5. The Morgan fingerprint density at radius 3 is 2.36 bits per heavy atom. The van der Waals surface area contributed by atoms with Crippen LogP contribution in [0.2, 0.25) is 10.0 Å². The van der Waals surface area contributed by atoms with Crippen LogP contribution in [0.5, 0.6) is 0 Å². The van der Waals surface area contributed by atoms with E-state index in [0.717, 1.165) is 0 Å². The number of sulfonamides is 1. The summed E-state index contributed by atoms with van der Waals surface area (Å²) in [6.45, 7) is 7.76. The van der Waals surface area contributed by atoms with E-state index >= 15 is 0 Å². The molecule has 11 heteroatoms. The molecule has 196 valence electrons. The number of halogens is 2. The van der Waals surface area contributed by atoms with Gasteiger partial charge in [0, 0.05) is 31.6 Å². The van der Waals surface area contributed by atoms with Gasteiger partial charge in [0.25, 0.3) is 10.0 Å². The molecule has 0 saturated carbocycles. The van der Waals surface area contributed by atoms with Gasteiger partial charge in [0.1, 0.15) is 10.5 Å². The zero-order chi connectivity index (χ0) is 26.7. The van der Waals surface area contributed by atoms with E-state index in [9.17, 15) is 18.0 Å². The molecule has 0 aromatic heterocycles. The molecule has 0 bridgehead atoms. The van der Waals surface area contributed by atoms with Crippen LogP contribution in [0.25, 0.3) is 0 Å². The molecule has 0 spiro atoms. The molecule has 2 amide bonds. The number of carbonyl (C=O) groups excluding carboxylic acids is 2. The highest BCUT2D eigenvalue weighted by Gasteiger charge is 2.34. The summed E-state index contributed by atoms with van der Waals surface area (Å²) in [5.41, 5.74) is -0.173. The zero-order valence-corrected chi connectivity index (χ0v) is 23.1. The number of anilines is 2. The first-order chi connectivity index (χ1) is 16.8. The molecule has 1 fully saturated rings. The summed E-state index contributed by atoms with van der Waals surface area (Å²) in [6, 6.07) is 10.9. The standard InChI is InChI=1S/C25H31Cl2N3O5S/c1-17(31)28-21-7-5-6-8-23(21)36(33,34)30(22-15-19(26)9-10-20(22)27)16-18-11-13-29(14-12-18)24(32)35-25(2,3)4/h5-10,15,18H,11-14,16H2,1-4H3,(H,28,31). The molecule has 0 aliphatic carbocycles. The highest BCUT2D eigenvalue weighted by Crippen LogP contribution is 2.36. The number of ether oxygens (including phenoxy) is 1. The van der Waals surface area contributed by atoms with Crippen molar-refractivity contribution in [2.45, 2.75) is 51.0 Å². The van der Waals surface area contributed by atoms with Crippen LogP contribution in [0.15, 0.2) is 47.4 Å². The summed E-state index contributed by atoms with van der Waals surface area (Å²) in [7, 11) is -4.15. The third-order valence-corrected chi connectivity index (χ3v) is 8.03. The summed E-state index contributed by atoms with van der Waals surface area (Å²) < 4.78 is 34.7. The predicted molar refractivity (Wildman–Crippen MR) is 142 cm³/mol. The smallest absolute Gasteiger partial charge is 0.410 e. The molecule has 3 rings (SSSR count). The van der Waals surface area contributed by atoms with E-state index in [1.807, 2.05) is 20.8 Å². The van der Waals surface area contributed by atoms with Gasteiger partial charge in [0.05, 0.1) is 16.4 Å². The van der Waals surface area contributed by atoms with Crippen molar-refractivity contribution in [3.63, 3.8) is 0 Å². The maximum absolute atomic E-state index is 14.0. The third-order valence-electron chi connectivity index (χ3n) is 5.63. The number of piperidine rings is 1. The SMILES string of the molecule is CC(=O)Nc1ccccc1S(=O)(=O)N(CC1CCN(C(=O)OC(C)(C)C)CC1)c1cc(Cl)ccc1Cl. The first-order valence-electron chi connectivity index (χ1n) is 11.6. The van der Waals surface area contributed by atoms with Crippen LogP contribution in [-0.2, 0) is 19.6 Å². The number of nitrogens with zero attached hydrogens (tertiary/aromatic N) is 2. The Kier molecular flexibility index (Phi) is 8.80. The normalized spacial score (nSPS) is 14.9. The van der Waals surface area contributed by atoms with Crippen molar-refractivity contribution in [1.82, 2.24) is 4.90 Å². The lowest BCUT2D eigenvalue weighted by Gasteiger charge is -2.36. The third kappa shape index (κ3) is 7.05. The van der Waals surface area contributed by atoms with Gasteiger partial charge in [0.15, 0.2) is 0 Å². The minimum atomic E-state index is -4.15. The highest BCUT2D eigenvalue weighted by atomic mass is 35.5. The second-order valence-electron chi connectivity index (χ2n) is 9.72. The summed E-state index contributed by atoms with van der Waals surface area (Å²) >= 11 is 12.7. The molecule has 1 heterocycles. The fourth-order valence-electron chi connectivity index (χ4n) is 3.97. The van der Waals surface area contributed by atoms with Crippen LogP contribution in [0.1, 0.15) is 40.5 Å². The topological polar surface area (TPSA) is 96.0 Å². The maximum atomic E-state index is 14.0. The van der Waals surface area contributed by atoms with E-state index < -0.39 is 15.6 Å². The average molecular weight is 557 g/mol. The maximum Gasteiger partial charge on any atom is 0.410 e. The minimum Gasteiger partial charge on any atom is -0.444 e. The molecule has 8 nitrogen and oxygen atoms in total. The van der Waals surface area contributed by atoms with Crippen LogP contribution in [-0.4, -0.2) is 50.6 Å². The Labute approximate surface area is 222 Å². The molecule has 2 aromatic carbocycles. The largest absolute Gasteiger partial charge is 0.444 e. The molecule has 1 aliphatic rings. The predicted octanol–water partition coefficient (Wildman–Crippen LogP) is 5.79. The van der Waals surface area contributed by atoms with Gasteiger partial charge < -0.3 is 15.0 Å². The van der Waals surface area contributed by atoms with Crippen LogP contribution in [0.3, 0.4) is 0 Å². The second-order valence-corrected chi connectivity index (χ2v) is 12.4. The lowest BCUT2D eigenvalue weighted by molar-refractivity contribution is -0.114. The molecule has 1 saturated heterocycles. The number of benzene rings is 2. The summed E-state index contributed by atoms with van der Waals surface area (Å²) in [5, 5.41) is 3.16. The minimum absolute atomic E-state index is 0.0533. The number of rotatable bonds is 6. The van der Waals surface area contributed by atoms with Crippen LogP contribution >= 0.6 is 23.2 Å². The molecule has 1 N–H and O–H groups in total. The molecular weight excluding hydrogens is 525 g/mol. The Bertz CT molecular complexity index is 1220. The Balaban J connectivity index is 1.91. The van der Waals surface area contributed by atoms with E-state index in [2.05, 4.69) is 5.32 Å². The van der Waals surface area contributed by atoms with E-state index in [-0.39, 0.29) is 45.8 Å². The number of carbonyl (C=O) groups is 2. The fraction of sp³-hybridized carbons (Fsp3) is 0.440. The van der Waals surface area contributed by atoms with Gasteiger partial charge in [-0.3, -0.25) is 9.10 Å². The van der Waals surface area contributed by atoms with Crippen molar-refractivity contribution in [2.24, 2.45) is 5.92 Å². The molecule has 36 heavy (non-hydrogen) atoms. The van der Waals surface area contributed by atoms with Gasteiger partial charge in [-0.05, 0) is 69.9 Å². The summed E-state index contributed by atoms with van der Waals surface area (Å²) in [6.07, 6.45) is 0.778. The van der Waals surface area contributed by atoms with Gasteiger partial charge in [-0.2, -0.15) is 0 Å². The van der Waals surface area contributed by atoms with Gasteiger partial charge in [-0.15, -0.1) is 0 Å². The van der Waals surface area contributed by atoms with E-state index in [4.69, 9.17) is 27.9 Å². The Morgan fingerprint density at radius 1 is 1.11 bits per heavy atom.